The molecule has 0 saturated carbocycles. The summed E-state index contributed by atoms with van der Waals surface area (Å²) in [7, 11) is 0. The van der Waals surface area contributed by atoms with Crippen molar-refractivity contribution in [1.29, 1.82) is 0 Å². The molecule has 3 rings (SSSR count). The fourth-order valence-electron chi connectivity index (χ4n) is 2.76. The second-order valence-electron chi connectivity index (χ2n) is 6.54. The Kier molecular flexibility index (Phi) is 6.08. The van der Waals surface area contributed by atoms with E-state index in [1.807, 2.05) is 37.3 Å². The molecule has 1 aromatic heterocycles. The minimum Gasteiger partial charge on any atom is -0.487 e. The number of benzene rings is 2. The molecule has 0 amide bonds. The molecule has 3 aromatic rings. The van der Waals surface area contributed by atoms with E-state index in [2.05, 4.69) is 4.98 Å². The molecule has 29 heavy (non-hydrogen) atoms. The lowest BCUT2D eigenvalue weighted by Crippen LogP contribution is -2.04. The summed E-state index contributed by atoms with van der Waals surface area (Å²) in [6.45, 7) is 4.36. The number of ether oxygens (including phenoxy) is 1. The number of rotatable bonds is 6. The molecule has 1 heterocycles. The molecule has 0 atom stereocenters. The van der Waals surface area contributed by atoms with Crippen molar-refractivity contribution in [1.82, 2.24) is 4.98 Å². The van der Waals surface area contributed by atoms with Crippen molar-refractivity contribution in [2.75, 3.05) is 6.54 Å². The fraction of sp³-hybridized carbons (Fsp3) is 0.227. The van der Waals surface area contributed by atoms with Crippen molar-refractivity contribution in [3.05, 3.63) is 77.2 Å². The summed E-state index contributed by atoms with van der Waals surface area (Å²) in [6, 6.07) is 12.3. The van der Waals surface area contributed by atoms with E-state index in [0.29, 0.717) is 29.3 Å². The predicted molar refractivity (Wildman–Crippen MR) is 105 cm³/mol. The molecule has 0 radical (unpaired) electrons. The summed E-state index contributed by atoms with van der Waals surface area (Å²) in [6.07, 6.45) is -2.45. The van der Waals surface area contributed by atoms with E-state index >= 15 is 0 Å². The fourth-order valence-corrected chi connectivity index (χ4v) is 2.76. The maximum Gasteiger partial charge on any atom is 0.416 e. The molecule has 7 heteroatoms. The van der Waals surface area contributed by atoms with Gasteiger partial charge in [-0.2, -0.15) is 13.2 Å². The zero-order valence-electron chi connectivity index (χ0n) is 16.1. The van der Waals surface area contributed by atoms with Gasteiger partial charge in [0.2, 0.25) is 5.89 Å². The minimum atomic E-state index is -4.38. The van der Waals surface area contributed by atoms with Gasteiger partial charge in [-0.1, -0.05) is 18.2 Å². The van der Waals surface area contributed by atoms with Crippen LogP contribution in [0.3, 0.4) is 0 Å². The van der Waals surface area contributed by atoms with Crippen LogP contribution in [0, 0.1) is 6.92 Å². The van der Waals surface area contributed by atoms with Crippen molar-refractivity contribution in [3.63, 3.8) is 0 Å². The van der Waals surface area contributed by atoms with Crippen LogP contribution in [0.5, 0.6) is 5.75 Å². The highest BCUT2D eigenvalue weighted by Crippen LogP contribution is 2.31. The van der Waals surface area contributed by atoms with Gasteiger partial charge >= 0.3 is 6.18 Å². The van der Waals surface area contributed by atoms with Crippen LogP contribution >= 0.6 is 0 Å². The molecule has 0 aliphatic rings. The topological polar surface area (TPSA) is 61.3 Å². The van der Waals surface area contributed by atoms with Gasteiger partial charge in [0.15, 0.2) is 0 Å². The zero-order chi connectivity index (χ0) is 21.0. The van der Waals surface area contributed by atoms with E-state index in [4.69, 9.17) is 14.9 Å². The third-order valence-corrected chi connectivity index (χ3v) is 4.44. The van der Waals surface area contributed by atoms with Crippen molar-refractivity contribution in [2.45, 2.75) is 26.6 Å². The Morgan fingerprint density at radius 3 is 2.55 bits per heavy atom. The highest BCUT2D eigenvalue weighted by atomic mass is 19.4. The molecule has 2 aromatic carbocycles. The first kappa shape index (κ1) is 20.7. The third kappa shape index (κ3) is 5.06. The smallest absolute Gasteiger partial charge is 0.416 e. The molecule has 0 fully saturated rings. The zero-order valence-corrected chi connectivity index (χ0v) is 16.1. The molecule has 0 aliphatic carbocycles. The normalized spacial score (nSPS) is 12.3. The maximum absolute atomic E-state index is 12.7. The van der Waals surface area contributed by atoms with Crippen LogP contribution in [0.2, 0.25) is 0 Å². The monoisotopic (exact) mass is 402 g/mol. The lowest BCUT2D eigenvalue weighted by Gasteiger charge is -2.07. The van der Waals surface area contributed by atoms with Gasteiger partial charge in [0.1, 0.15) is 23.8 Å². The Hall–Kier alpha value is -3.06. The van der Waals surface area contributed by atoms with E-state index in [0.717, 1.165) is 23.3 Å². The lowest BCUT2D eigenvalue weighted by atomic mass is 10.1. The second kappa shape index (κ2) is 8.53. The summed E-state index contributed by atoms with van der Waals surface area (Å²) in [5.74, 6) is 1.48. The summed E-state index contributed by atoms with van der Waals surface area (Å²) in [4.78, 5) is 4.37. The van der Waals surface area contributed by atoms with Gasteiger partial charge in [0.05, 0.1) is 5.56 Å². The van der Waals surface area contributed by atoms with Gasteiger partial charge in [-0.05, 0) is 61.4 Å². The van der Waals surface area contributed by atoms with Crippen LogP contribution < -0.4 is 10.5 Å². The maximum atomic E-state index is 12.7. The van der Waals surface area contributed by atoms with Crippen LogP contribution in [-0.2, 0) is 12.8 Å². The summed E-state index contributed by atoms with van der Waals surface area (Å²) in [5.41, 5.74) is 7.96. The van der Waals surface area contributed by atoms with Gasteiger partial charge in [0, 0.05) is 12.1 Å². The number of alkyl halides is 3. The van der Waals surface area contributed by atoms with Crippen molar-refractivity contribution >= 4 is 5.57 Å². The predicted octanol–water partition coefficient (Wildman–Crippen LogP) is 5.61. The largest absolute Gasteiger partial charge is 0.487 e. The average molecular weight is 402 g/mol. The first-order chi connectivity index (χ1) is 13.8. The van der Waals surface area contributed by atoms with Crippen LogP contribution in [0.4, 0.5) is 13.2 Å². The number of hydrogen-bond donors (Lipinski definition) is 1. The number of allylic oxidation sites excluding steroid dienone is 1. The Labute approximate surface area is 166 Å². The Balaban J connectivity index is 1.73. The molecule has 0 bridgehead atoms. The molecule has 0 spiro atoms. The Morgan fingerprint density at radius 2 is 1.90 bits per heavy atom. The summed E-state index contributed by atoms with van der Waals surface area (Å²) >= 11 is 0. The molecule has 152 valence electrons. The van der Waals surface area contributed by atoms with E-state index in [-0.39, 0.29) is 12.5 Å². The molecule has 0 saturated heterocycles. The van der Waals surface area contributed by atoms with Crippen LogP contribution in [0.1, 0.15) is 29.5 Å². The minimum absolute atomic E-state index is 0.180. The SMILES string of the molecule is C/C(=C\CN)c1cccc(OCc2nc(-c3ccc(C(F)(F)F)cc3)oc2C)c1. The number of hydrogen-bond acceptors (Lipinski definition) is 4. The summed E-state index contributed by atoms with van der Waals surface area (Å²) in [5, 5.41) is 0. The molecular formula is C22H21F3N2O2. The van der Waals surface area contributed by atoms with Gasteiger partial charge in [-0.25, -0.2) is 4.98 Å². The molecule has 0 unspecified atom stereocenters. The molecule has 4 nitrogen and oxygen atoms in total. The quantitative estimate of drug-likeness (QED) is 0.582. The van der Waals surface area contributed by atoms with Crippen molar-refractivity contribution in [2.24, 2.45) is 5.73 Å². The van der Waals surface area contributed by atoms with Gasteiger partial charge in [0.25, 0.3) is 0 Å². The Bertz CT molecular complexity index is 1010. The van der Waals surface area contributed by atoms with E-state index in [1.54, 1.807) is 6.92 Å². The summed E-state index contributed by atoms with van der Waals surface area (Å²) < 4.78 is 49.6. The highest BCUT2D eigenvalue weighted by molar-refractivity contribution is 5.65. The number of aryl methyl sites for hydroxylation is 1. The van der Waals surface area contributed by atoms with Crippen LogP contribution in [-0.4, -0.2) is 11.5 Å². The van der Waals surface area contributed by atoms with Gasteiger partial charge in [-0.15, -0.1) is 0 Å². The van der Waals surface area contributed by atoms with Crippen LogP contribution in [0.25, 0.3) is 17.0 Å². The van der Waals surface area contributed by atoms with Gasteiger partial charge in [-0.3, -0.25) is 0 Å². The Morgan fingerprint density at radius 1 is 1.17 bits per heavy atom. The molecule has 2 N–H and O–H groups in total. The third-order valence-electron chi connectivity index (χ3n) is 4.44. The number of oxazole rings is 1. The molecular weight excluding hydrogens is 381 g/mol. The lowest BCUT2D eigenvalue weighted by molar-refractivity contribution is -0.137. The van der Waals surface area contributed by atoms with Gasteiger partial charge < -0.3 is 14.9 Å². The first-order valence-corrected chi connectivity index (χ1v) is 9.02. The number of halogens is 3. The van der Waals surface area contributed by atoms with Crippen LogP contribution in [0.15, 0.2) is 59.0 Å². The second-order valence-corrected chi connectivity index (χ2v) is 6.54. The number of nitrogens with two attached hydrogens (primary N) is 1. The highest BCUT2D eigenvalue weighted by Gasteiger charge is 2.30. The number of nitrogens with zero attached hydrogens (tertiary/aromatic N) is 1. The van der Waals surface area contributed by atoms with Crippen molar-refractivity contribution in [3.8, 4) is 17.2 Å². The molecule has 0 aliphatic heterocycles. The average Bonchev–Trinajstić information content (AvgIpc) is 3.07. The van der Waals surface area contributed by atoms with E-state index in [9.17, 15) is 13.2 Å². The first-order valence-electron chi connectivity index (χ1n) is 9.02. The van der Waals surface area contributed by atoms with E-state index < -0.39 is 11.7 Å². The number of aromatic nitrogens is 1. The van der Waals surface area contributed by atoms with E-state index in [1.165, 1.54) is 12.1 Å². The standard InChI is InChI=1S/C22H21F3N2O2/c1-14(10-11-26)17-4-3-5-19(12-17)28-13-20-15(2)29-21(27-20)16-6-8-18(9-7-16)22(23,24)25/h3-10,12H,11,13,26H2,1-2H3/b14-10+. The van der Waals surface area contributed by atoms with Crippen molar-refractivity contribution < 1.29 is 22.3 Å².